The Hall–Kier alpha value is -4.31. The van der Waals surface area contributed by atoms with Crippen LogP contribution in [0.3, 0.4) is 0 Å². The number of aryl methyl sites for hydroxylation is 1. The largest absolute Gasteiger partial charge is 0.512 e. The Balaban J connectivity index is 0.000000475. The summed E-state index contributed by atoms with van der Waals surface area (Å²) in [7, 11) is 0. The number of nitrogens with zero attached hydrogens (tertiary/aromatic N) is 1. The zero-order valence-corrected chi connectivity index (χ0v) is 27.3. The van der Waals surface area contributed by atoms with E-state index in [9.17, 15) is 4.79 Å². The van der Waals surface area contributed by atoms with Crippen molar-refractivity contribution in [2.24, 2.45) is 0 Å². The third-order valence-electron chi connectivity index (χ3n) is 7.20. The maximum absolute atomic E-state index is 10.0. The first-order chi connectivity index (χ1) is 20.2. The number of furan rings is 1. The van der Waals surface area contributed by atoms with Gasteiger partial charge in [0, 0.05) is 37.9 Å². The second-order valence-corrected chi connectivity index (χ2v) is 10.8. The van der Waals surface area contributed by atoms with Crippen LogP contribution in [0.2, 0.25) is 0 Å². The molecule has 5 heteroatoms. The Morgan fingerprint density at radius 2 is 1.56 bits per heavy atom. The summed E-state index contributed by atoms with van der Waals surface area (Å²) in [6.07, 6.45) is 3.05. The fraction of sp³-hybridized carbons (Fsp3) is 0.158. The third kappa shape index (κ3) is 7.02. The average molecular weight is 745 g/mol. The summed E-state index contributed by atoms with van der Waals surface area (Å²) in [5, 5.41) is 11.8. The van der Waals surface area contributed by atoms with Crippen LogP contribution in [0.5, 0.6) is 0 Å². The molecular formula is C38H34IrNO3-. The Labute approximate surface area is 266 Å². The number of fused-ring (bicyclic) bond motifs is 2. The molecule has 4 aromatic carbocycles. The van der Waals surface area contributed by atoms with Gasteiger partial charge in [0.1, 0.15) is 5.76 Å². The van der Waals surface area contributed by atoms with E-state index in [4.69, 9.17) is 14.5 Å². The number of rotatable bonds is 5. The molecule has 0 saturated heterocycles. The molecule has 1 radical (unpaired) electrons. The van der Waals surface area contributed by atoms with Gasteiger partial charge < -0.3 is 14.5 Å². The number of aromatic nitrogens is 1. The summed E-state index contributed by atoms with van der Waals surface area (Å²) in [6.45, 7) is 9.43. The number of aliphatic hydroxyl groups is 1. The summed E-state index contributed by atoms with van der Waals surface area (Å²) < 4.78 is 6.50. The molecule has 0 spiro atoms. The summed E-state index contributed by atoms with van der Waals surface area (Å²) in [5.41, 5.74) is 8.42. The second-order valence-electron chi connectivity index (χ2n) is 10.8. The molecule has 0 amide bonds. The van der Waals surface area contributed by atoms with Crippen LogP contribution in [0, 0.1) is 13.0 Å². The van der Waals surface area contributed by atoms with Gasteiger partial charge in [0.15, 0.2) is 5.78 Å². The van der Waals surface area contributed by atoms with Gasteiger partial charge >= 0.3 is 0 Å². The molecular weight excluding hydrogens is 711 g/mol. The van der Waals surface area contributed by atoms with Crippen molar-refractivity contribution >= 4 is 27.5 Å². The van der Waals surface area contributed by atoms with Crippen molar-refractivity contribution in [1.82, 2.24) is 4.98 Å². The fourth-order valence-electron chi connectivity index (χ4n) is 5.19. The van der Waals surface area contributed by atoms with E-state index < -0.39 is 0 Å². The topological polar surface area (TPSA) is 63.3 Å². The predicted molar refractivity (Wildman–Crippen MR) is 173 cm³/mol. The SMILES string of the molecule is CC(=O)/C=C(/C)O.Cc1c(-c2ccccc2)oc2[c-]c(-c3nccc4ccc(C(C)C)cc34)cc(-c3ccccc3)c12.[Ir]. The van der Waals surface area contributed by atoms with Gasteiger partial charge in [0.2, 0.25) is 0 Å². The minimum atomic E-state index is -0.125. The van der Waals surface area contributed by atoms with Crippen LogP contribution in [0.25, 0.3) is 55.4 Å². The number of hydrogen-bond acceptors (Lipinski definition) is 4. The van der Waals surface area contributed by atoms with E-state index in [0.29, 0.717) is 5.92 Å². The Kier molecular flexibility index (Phi) is 10.1. The molecule has 0 aliphatic heterocycles. The van der Waals surface area contributed by atoms with E-state index >= 15 is 0 Å². The quantitative estimate of drug-likeness (QED) is 0.108. The van der Waals surface area contributed by atoms with E-state index in [1.165, 1.54) is 30.9 Å². The summed E-state index contributed by atoms with van der Waals surface area (Å²) in [4.78, 5) is 14.9. The second kappa shape index (κ2) is 13.8. The van der Waals surface area contributed by atoms with Crippen LogP contribution in [0.15, 0.2) is 113 Å². The van der Waals surface area contributed by atoms with Crippen molar-refractivity contribution < 1.29 is 34.4 Å². The standard InChI is InChI=1S/C33H26NO.C5H8O2.Ir/c1-21(2)26-15-14-24-16-17-34-32(29(24)18-26)27-19-28(23-10-6-4-7-11-23)31-22(3)33(35-30(31)20-27)25-12-8-5-9-13-25;1-4(6)3-5(2)7;/h4-19,21H,1-3H3;3,6H,1-2H3;/q-1;;/b;4-3-;. The Morgan fingerprint density at radius 1 is 0.907 bits per heavy atom. The molecule has 1 N–H and O–H groups in total. The number of hydrogen-bond donors (Lipinski definition) is 1. The van der Waals surface area contributed by atoms with Gasteiger partial charge in [-0.15, -0.1) is 11.6 Å². The molecule has 2 heterocycles. The molecule has 0 atom stereocenters. The molecule has 43 heavy (non-hydrogen) atoms. The number of pyridine rings is 1. The molecule has 6 aromatic rings. The molecule has 0 aliphatic rings. The monoisotopic (exact) mass is 745 g/mol. The first-order valence-corrected chi connectivity index (χ1v) is 14.1. The predicted octanol–water partition coefficient (Wildman–Crippen LogP) is 10.2. The maximum atomic E-state index is 10.0. The van der Waals surface area contributed by atoms with Gasteiger partial charge in [-0.2, -0.15) is 0 Å². The van der Waals surface area contributed by atoms with Crippen LogP contribution in [0.4, 0.5) is 0 Å². The van der Waals surface area contributed by atoms with Crippen LogP contribution in [0.1, 0.15) is 44.7 Å². The summed E-state index contributed by atoms with van der Waals surface area (Å²) in [5.74, 6) is 1.27. The van der Waals surface area contributed by atoms with E-state index in [-0.39, 0.29) is 31.6 Å². The van der Waals surface area contributed by atoms with Crippen LogP contribution < -0.4 is 0 Å². The van der Waals surface area contributed by atoms with E-state index in [1.807, 2.05) is 30.5 Å². The first-order valence-electron chi connectivity index (χ1n) is 14.1. The number of allylic oxidation sites excluding steroid dienone is 2. The van der Waals surface area contributed by atoms with Gasteiger partial charge in [-0.05, 0) is 65.9 Å². The number of aliphatic hydroxyl groups excluding tert-OH is 1. The molecule has 0 saturated carbocycles. The molecule has 6 rings (SSSR count). The smallest absolute Gasteiger partial charge is 0.155 e. The average Bonchev–Trinajstić information content (AvgIpc) is 3.32. The zero-order valence-electron chi connectivity index (χ0n) is 24.9. The summed E-state index contributed by atoms with van der Waals surface area (Å²) in [6, 6.07) is 35.4. The van der Waals surface area contributed by atoms with Crippen LogP contribution >= 0.6 is 0 Å². The molecule has 0 unspecified atom stereocenters. The molecule has 0 aliphatic carbocycles. The Morgan fingerprint density at radius 3 is 2.14 bits per heavy atom. The molecule has 0 bridgehead atoms. The van der Waals surface area contributed by atoms with Gasteiger partial charge in [0.05, 0.1) is 11.3 Å². The van der Waals surface area contributed by atoms with E-state index in [2.05, 4.69) is 93.6 Å². The third-order valence-corrected chi connectivity index (χ3v) is 7.20. The number of carbonyl (C=O) groups excluding carboxylic acids is 1. The van der Waals surface area contributed by atoms with Gasteiger partial charge in [-0.25, -0.2) is 0 Å². The number of ketones is 1. The van der Waals surface area contributed by atoms with Crippen molar-refractivity contribution in [3.05, 3.63) is 126 Å². The normalized spacial score (nSPS) is 11.3. The minimum absolute atomic E-state index is 0. The molecule has 4 nitrogen and oxygen atoms in total. The Bertz CT molecular complexity index is 1900. The summed E-state index contributed by atoms with van der Waals surface area (Å²) >= 11 is 0. The van der Waals surface area contributed by atoms with Crippen molar-refractivity contribution in [2.75, 3.05) is 0 Å². The number of carbonyl (C=O) groups is 1. The van der Waals surface area contributed by atoms with Crippen molar-refractivity contribution in [3.63, 3.8) is 0 Å². The zero-order chi connectivity index (χ0) is 29.8. The van der Waals surface area contributed by atoms with Crippen molar-refractivity contribution in [3.8, 4) is 33.7 Å². The fourth-order valence-corrected chi connectivity index (χ4v) is 5.19. The minimum Gasteiger partial charge on any atom is -0.512 e. The maximum Gasteiger partial charge on any atom is 0.155 e. The van der Waals surface area contributed by atoms with Crippen LogP contribution in [-0.2, 0) is 24.9 Å². The first kappa shape index (κ1) is 31.6. The van der Waals surface area contributed by atoms with Gasteiger partial charge in [-0.3, -0.25) is 4.79 Å². The van der Waals surface area contributed by atoms with E-state index in [1.54, 1.807) is 0 Å². The van der Waals surface area contributed by atoms with Crippen molar-refractivity contribution in [1.29, 1.82) is 0 Å². The van der Waals surface area contributed by atoms with Crippen molar-refractivity contribution in [2.45, 2.75) is 40.5 Å². The van der Waals surface area contributed by atoms with E-state index in [0.717, 1.165) is 55.6 Å². The van der Waals surface area contributed by atoms with Gasteiger partial charge in [0.25, 0.3) is 0 Å². The van der Waals surface area contributed by atoms with Gasteiger partial charge in [-0.1, -0.05) is 110 Å². The molecule has 219 valence electrons. The molecule has 0 fully saturated rings. The molecule has 2 aromatic heterocycles. The van der Waals surface area contributed by atoms with Crippen LogP contribution in [-0.4, -0.2) is 15.9 Å². The number of benzene rings is 4.